The highest BCUT2D eigenvalue weighted by molar-refractivity contribution is 7.89. The molecule has 1 aliphatic rings. The fourth-order valence-electron chi connectivity index (χ4n) is 2.40. The maximum Gasteiger partial charge on any atom is 0.414 e. The number of rotatable bonds is 4. The van der Waals surface area contributed by atoms with Crippen molar-refractivity contribution < 1.29 is 26.7 Å². The van der Waals surface area contributed by atoms with Crippen LogP contribution in [0, 0.1) is 23.5 Å². The molecule has 0 spiro atoms. The molecule has 27 heavy (non-hydrogen) atoms. The molecule has 9 heteroatoms. The summed E-state index contributed by atoms with van der Waals surface area (Å²) in [6.07, 6.45) is -0.406. The zero-order valence-corrected chi connectivity index (χ0v) is 14.7. The van der Waals surface area contributed by atoms with Crippen molar-refractivity contribution in [3.8, 4) is 11.8 Å². The van der Waals surface area contributed by atoms with Crippen LogP contribution in [-0.2, 0) is 14.8 Å². The molecule has 1 saturated heterocycles. The molecule has 0 saturated carbocycles. The second-order valence-electron chi connectivity index (χ2n) is 5.51. The topological polar surface area (TPSA) is 75.7 Å². The minimum absolute atomic E-state index is 0.251. The van der Waals surface area contributed by atoms with E-state index in [-0.39, 0.29) is 6.54 Å². The van der Waals surface area contributed by atoms with Crippen LogP contribution in [0.3, 0.4) is 0 Å². The molecule has 1 amide bonds. The molecular weight excluding hydrogens is 378 g/mol. The molecule has 1 aliphatic heterocycles. The van der Waals surface area contributed by atoms with E-state index in [0.717, 1.165) is 12.1 Å². The molecule has 0 atom stereocenters. The average Bonchev–Trinajstić information content (AvgIpc) is 3.05. The van der Waals surface area contributed by atoms with Gasteiger partial charge in [0.1, 0.15) is 23.1 Å². The Kier molecular flexibility index (Phi) is 5.39. The first-order chi connectivity index (χ1) is 12.9. The minimum atomic E-state index is -4.14. The van der Waals surface area contributed by atoms with Gasteiger partial charge >= 0.3 is 6.09 Å². The van der Waals surface area contributed by atoms with Crippen LogP contribution in [0.5, 0.6) is 0 Å². The van der Waals surface area contributed by atoms with Crippen LogP contribution in [-0.4, -0.2) is 34.2 Å². The maximum absolute atomic E-state index is 13.6. The van der Waals surface area contributed by atoms with Gasteiger partial charge in [0.25, 0.3) is 0 Å². The Bertz CT molecular complexity index is 1030. The van der Waals surface area contributed by atoms with Gasteiger partial charge in [0, 0.05) is 17.3 Å². The molecule has 1 fully saturated rings. The highest BCUT2D eigenvalue weighted by atomic mass is 32.2. The van der Waals surface area contributed by atoms with Gasteiger partial charge in [-0.05, 0) is 36.4 Å². The average molecular weight is 392 g/mol. The third kappa shape index (κ3) is 4.42. The summed E-state index contributed by atoms with van der Waals surface area (Å²) < 4.78 is 57.5. The van der Waals surface area contributed by atoms with E-state index in [1.54, 1.807) is 24.3 Å². The van der Waals surface area contributed by atoms with Crippen molar-refractivity contribution in [3.63, 3.8) is 0 Å². The SMILES string of the molecule is O=C1OCCN1c1ccc(C#CCNS(=O)(=O)c2ccc(F)cc2F)cc1. The molecule has 1 N–H and O–H groups in total. The number of halogens is 2. The van der Waals surface area contributed by atoms with E-state index < -0.39 is 32.6 Å². The van der Waals surface area contributed by atoms with Gasteiger partial charge in [0.05, 0.1) is 13.1 Å². The van der Waals surface area contributed by atoms with E-state index in [2.05, 4.69) is 16.6 Å². The number of sulfonamides is 1. The largest absolute Gasteiger partial charge is 0.447 e. The maximum atomic E-state index is 13.6. The highest BCUT2D eigenvalue weighted by Crippen LogP contribution is 2.19. The lowest BCUT2D eigenvalue weighted by molar-refractivity contribution is 0.181. The third-order valence-electron chi connectivity index (χ3n) is 3.71. The van der Waals surface area contributed by atoms with Gasteiger partial charge in [-0.1, -0.05) is 11.8 Å². The molecular formula is C18H14F2N2O4S. The van der Waals surface area contributed by atoms with E-state index >= 15 is 0 Å². The van der Waals surface area contributed by atoms with Gasteiger partial charge in [-0.25, -0.2) is 22.0 Å². The summed E-state index contributed by atoms with van der Waals surface area (Å²) in [6, 6.07) is 8.98. The Balaban J connectivity index is 1.62. The molecule has 0 radical (unpaired) electrons. The van der Waals surface area contributed by atoms with Crippen LogP contribution >= 0.6 is 0 Å². The van der Waals surface area contributed by atoms with Crippen molar-refractivity contribution in [2.45, 2.75) is 4.90 Å². The molecule has 0 aliphatic carbocycles. The second-order valence-corrected chi connectivity index (χ2v) is 7.25. The second kappa shape index (κ2) is 7.73. The molecule has 1 heterocycles. The number of ether oxygens (including phenoxy) is 1. The number of carbonyl (C=O) groups is 1. The number of anilines is 1. The smallest absolute Gasteiger partial charge is 0.414 e. The lowest BCUT2D eigenvalue weighted by Gasteiger charge is -2.11. The normalized spacial score (nSPS) is 13.9. The number of carbonyl (C=O) groups excluding carboxylic acids is 1. The predicted molar refractivity (Wildman–Crippen MR) is 93.6 cm³/mol. The fraction of sp³-hybridized carbons (Fsp3) is 0.167. The third-order valence-corrected chi connectivity index (χ3v) is 5.14. The number of hydrogen-bond donors (Lipinski definition) is 1. The van der Waals surface area contributed by atoms with E-state index in [1.165, 1.54) is 4.90 Å². The van der Waals surface area contributed by atoms with Gasteiger partial charge in [-0.15, -0.1) is 0 Å². The Hall–Kier alpha value is -2.96. The van der Waals surface area contributed by atoms with Crippen LogP contribution in [0.2, 0.25) is 0 Å². The quantitative estimate of drug-likeness (QED) is 0.810. The number of hydrogen-bond acceptors (Lipinski definition) is 4. The monoisotopic (exact) mass is 392 g/mol. The van der Waals surface area contributed by atoms with Gasteiger partial charge in [-0.3, -0.25) is 4.90 Å². The fourth-order valence-corrected chi connectivity index (χ4v) is 3.38. The Morgan fingerprint density at radius 2 is 1.89 bits per heavy atom. The van der Waals surface area contributed by atoms with E-state index in [9.17, 15) is 22.0 Å². The Labute approximate surface area is 154 Å². The zero-order valence-electron chi connectivity index (χ0n) is 13.9. The summed E-state index contributed by atoms with van der Waals surface area (Å²) in [5.41, 5.74) is 1.29. The number of nitrogens with one attached hydrogen (secondary N) is 1. The summed E-state index contributed by atoms with van der Waals surface area (Å²) in [5.74, 6) is 3.33. The van der Waals surface area contributed by atoms with Crippen LogP contribution in [0.1, 0.15) is 5.56 Å². The number of amides is 1. The van der Waals surface area contributed by atoms with Gasteiger partial charge in [0.2, 0.25) is 10.0 Å². The first kappa shape index (κ1) is 18.8. The number of benzene rings is 2. The highest BCUT2D eigenvalue weighted by Gasteiger charge is 2.23. The van der Waals surface area contributed by atoms with Crippen LogP contribution in [0.4, 0.5) is 19.3 Å². The first-order valence-corrected chi connectivity index (χ1v) is 9.33. The summed E-state index contributed by atoms with van der Waals surface area (Å²) in [4.78, 5) is 12.3. The lowest BCUT2D eigenvalue weighted by Crippen LogP contribution is -2.25. The molecule has 2 aromatic rings. The summed E-state index contributed by atoms with van der Waals surface area (Å²) in [5, 5.41) is 0. The Morgan fingerprint density at radius 1 is 1.15 bits per heavy atom. The first-order valence-electron chi connectivity index (χ1n) is 7.85. The molecule has 140 valence electrons. The summed E-state index contributed by atoms with van der Waals surface area (Å²) in [6.45, 7) is 0.570. The number of cyclic esters (lactones) is 1. The van der Waals surface area contributed by atoms with Crippen molar-refractivity contribution in [2.75, 3.05) is 24.6 Å². The van der Waals surface area contributed by atoms with Crippen LogP contribution in [0.15, 0.2) is 47.4 Å². The van der Waals surface area contributed by atoms with E-state index in [0.29, 0.717) is 30.5 Å². The van der Waals surface area contributed by atoms with Gasteiger partial charge in [-0.2, -0.15) is 4.72 Å². The van der Waals surface area contributed by atoms with Crippen molar-refractivity contribution in [1.29, 1.82) is 0 Å². The van der Waals surface area contributed by atoms with Gasteiger partial charge in [0.15, 0.2) is 0 Å². The van der Waals surface area contributed by atoms with Gasteiger partial charge < -0.3 is 4.74 Å². The van der Waals surface area contributed by atoms with Crippen LogP contribution in [0.25, 0.3) is 0 Å². The van der Waals surface area contributed by atoms with Crippen molar-refractivity contribution >= 4 is 21.8 Å². The summed E-state index contributed by atoms with van der Waals surface area (Å²) >= 11 is 0. The number of nitrogens with zero attached hydrogens (tertiary/aromatic N) is 1. The molecule has 3 rings (SSSR count). The molecule has 0 bridgehead atoms. The van der Waals surface area contributed by atoms with E-state index in [1.807, 2.05) is 0 Å². The standard InChI is InChI=1S/C18H14F2N2O4S/c19-14-5-8-17(16(20)12-14)27(24,25)21-9-1-2-13-3-6-15(7-4-13)22-10-11-26-18(22)23/h3-8,12,21H,9-11H2. The zero-order chi connectivity index (χ0) is 19.4. The molecule has 2 aromatic carbocycles. The molecule has 0 unspecified atom stereocenters. The Morgan fingerprint density at radius 3 is 2.52 bits per heavy atom. The minimum Gasteiger partial charge on any atom is -0.447 e. The summed E-state index contributed by atoms with van der Waals surface area (Å²) in [7, 11) is -4.14. The van der Waals surface area contributed by atoms with Crippen LogP contribution < -0.4 is 9.62 Å². The molecule has 0 aromatic heterocycles. The lowest BCUT2D eigenvalue weighted by atomic mass is 10.2. The van der Waals surface area contributed by atoms with Crippen molar-refractivity contribution in [1.82, 2.24) is 4.72 Å². The molecule has 6 nitrogen and oxygen atoms in total. The predicted octanol–water partition coefficient (Wildman–Crippen LogP) is 2.25. The van der Waals surface area contributed by atoms with E-state index in [4.69, 9.17) is 4.74 Å². The van der Waals surface area contributed by atoms with Crippen molar-refractivity contribution in [2.24, 2.45) is 0 Å². The van der Waals surface area contributed by atoms with Crippen molar-refractivity contribution in [3.05, 3.63) is 59.7 Å².